The van der Waals surface area contributed by atoms with Crippen LogP contribution in [0.4, 0.5) is 8.78 Å². The third-order valence-electron chi connectivity index (χ3n) is 2.42. The van der Waals surface area contributed by atoms with Gasteiger partial charge in [-0.05, 0) is 23.6 Å². The van der Waals surface area contributed by atoms with Crippen LogP contribution in [0.2, 0.25) is 0 Å². The number of hydrogen-bond acceptors (Lipinski definition) is 2. The van der Waals surface area contributed by atoms with Crippen LogP contribution in [0.3, 0.4) is 0 Å². The van der Waals surface area contributed by atoms with Gasteiger partial charge in [0.1, 0.15) is 0 Å². The third-order valence-corrected chi connectivity index (χ3v) is 2.42. The standard InChI is InChI=1S/C13H15F2NO3/c1-7(2)5-11(17)16-12(13(18)19)8-3-4-9(14)10(15)6-8/h3-4,6-7,12H,5H2,1-2H3,(H,16,17)(H,18,19)/t12-/m1/s1. The largest absolute Gasteiger partial charge is 0.479 e. The Kier molecular flexibility index (Phi) is 4.97. The van der Waals surface area contributed by atoms with Crippen molar-refractivity contribution in [3.63, 3.8) is 0 Å². The Labute approximate surface area is 109 Å². The molecule has 1 aromatic carbocycles. The highest BCUT2D eigenvalue weighted by Crippen LogP contribution is 2.17. The molecule has 1 atom stereocenters. The minimum atomic E-state index is -1.39. The third kappa shape index (κ3) is 4.31. The van der Waals surface area contributed by atoms with Crippen molar-refractivity contribution in [2.45, 2.75) is 26.3 Å². The van der Waals surface area contributed by atoms with E-state index in [1.54, 1.807) is 0 Å². The molecule has 0 radical (unpaired) electrons. The molecule has 1 amide bonds. The van der Waals surface area contributed by atoms with Crippen LogP contribution in [-0.4, -0.2) is 17.0 Å². The maximum atomic E-state index is 13.1. The fourth-order valence-corrected chi connectivity index (χ4v) is 1.57. The summed E-state index contributed by atoms with van der Waals surface area (Å²) in [6.07, 6.45) is 0.160. The lowest BCUT2D eigenvalue weighted by molar-refractivity contribution is -0.142. The lowest BCUT2D eigenvalue weighted by Gasteiger charge is -2.16. The minimum Gasteiger partial charge on any atom is -0.479 e. The number of amides is 1. The Morgan fingerprint density at radius 2 is 1.89 bits per heavy atom. The zero-order valence-corrected chi connectivity index (χ0v) is 10.6. The molecule has 0 unspecified atom stereocenters. The maximum Gasteiger partial charge on any atom is 0.330 e. The van der Waals surface area contributed by atoms with Crippen LogP contribution in [0.25, 0.3) is 0 Å². The summed E-state index contributed by atoms with van der Waals surface area (Å²) in [6, 6.07) is 1.34. The van der Waals surface area contributed by atoms with E-state index in [0.717, 1.165) is 18.2 Å². The summed E-state index contributed by atoms with van der Waals surface area (Å²) >= 11 is 0. The second-order valence-electron chi connectivity index (χ2n) is 4.61. The smallest absolute Gasteiger partial charge is 0.330 e. The number of rotatable bonds is 5. The van der Waals surface area contributed by atoms with Gasteiger partial charge in [0.25, 0.3) is 0 Å². The molecule has 0 saturated heterocycles. The number of aliphatic carboxylic acids is 1. The molecule has 0 saturated carbocycles. The van der Waals surface area contributed by atoms with Gasteiger partial charge in [-0.25, -0.2) is 13.6 Å². The summed E-state index contributed by atoms with van der Waals surface area (Å²) in [4.78, 5) is 22.6. The fourth-order valence-electron chi connectivity index (χ4n) is 1.57. The number of nitrogens with one attached hydrogen (secondary N) is 1. The van der Waals surface area contributed by atoms with Crippen molar-refractivity contribution in [1.29, 1.82) is 0 Å². The van der Waals surface area contributed by atoms with Gasteiger partial charge in [-0.2, -0.15) is 0 Å². The lowest BCUT2D eigenvalue weighted by Crippen LogP contribution is -2.34. The fraction of sp³-hybridized carbons (Fsp3) is 0.385. The molecule has 6 heteroatoms. The summed E-state index contributed by atoms with van der Waals surface area (Å²) in [6.45, 7) is 3.62. The molecule has 4 nitrogen and oxygen atoms in total. The van der Waals surface area contributed by atoms with Crippen molar-refractivity contribution in [2.24, 2.45) is 5.92 Å². The number of carbonyl (C=O) groups excluding carboxylic acids is 1. The molecule has 0 heterocycles. The summed E-state index contributed by atoms with van der Waals surface area (Å²) in [5.74, 6) is -3.93. The van der Waals surface area contributed by atoms with Gasteiger partial charge in [0.15, 0.2) is 17.7 Å². The number of hydrogen-bond donors (Lipinski definition) is 2. The van der Waals surface area contributed by atoms with Crippen molar-refractivity contribution in [1.82, 2.24) is 5.32 Å². The Hall–Kier alpha value is -1.98. The van der Waals surface area contributed by atoms with Crippen molar-refractivity contribution in [2.75, 3.05) is 0 Å². The van der Waals surface area contributed by atoms with Gasteiger partial charge >= 0.3 is 5.97 Å². The molecule has 1 aromatic rings. The van der Waals surface area contributed by atoms with Gasteiger partial charge in [-0.1, -0.05) is 19.9 Å². The predicted octanol–water partition coefficient (Wildman–Crippen LogP) is 2.25. The van der Waals surface area contributed by atoms with E-state index in [1.807, 2.05) is 13.8 Å². The van der Waals surface area contributed by atoms with E-state index in [4.69, 9.17) is 5.11 Å². The van der Waals surface area contributed by atoms with E-state index in [1.165, 1.54) is 0 Å². The van der Waals surface area contributed by atoms with E-state index < -0.39 is 29.6 Å². The normalized spacial score (nSPS) is 12.3. The van der Waals surface area contributed by atoms with Gasteiger partial charge in [-0.15, -0.1) is 0 Å². The summed E-state index contributed by atoms with van der Waals surface area (Å²) in [5, 5.41) is 11.3. The molecule has 0 aromatic heterocycles. The van der Waals surface area contributed by atoms with E-state index in [0.29, 0.717) is 0 Å². The average molecular weight is 271 g/mol. The molecule has 0 bridgehead atoms. The molecule has 0 spiro atoms. The van der Waals surface area contributed by atoms with E-state index >= 15 is 0 Å². The number of benzene rings is 1. The van der Waals surface area contributed by atoms with Gasteiger partial charge < -0.3 is 10.4 Å². The molecular weight excluding hydrogens is 256 g/mol. The average Bonchev–Trinajstić information content (AvgIpc) is 2.28. The number of carboxylic acids is 1. The molecular formula is C13H15F2NO3. The van der Waals surface area contributed by atoms with Crippen LogP contribution in [0.15, 0.2) is 18.2 Å². The van der Waals surface area contributed by atoms with Crippen LogP contribution in [0.5, 0.6) is 0 Å². The first kappa shape index (κ1) is 15.1. The van der Waals surface area contributed by atoms with Crippen LogP contribution in [-0.2, 0) is 9.59 Å². The van der Waals surface area contributed by atoms with Crippen LogP contribution in [0, 0.1) is 17.6 Å². The molecule has 0 fully saturated rings. The SMILES string of the molecule is CC(C)CC(=O)N[C@@H](C(=O)O)c1ccc(F)c(F)c1. The van der Waals surface area contributed by atoms with Gasteiger partial charge in [-0.3, -0.25) is 4.79 Å². The Morgan fingerprint density at radius 1 is 1.26 bits per heavy atom. The molecule has 1 rings (SSSR count). The van der Waals surface area contributed by atoms with Crippen molar-refractivity contribution >= 4 is 11.9 Å². The first-order chi connectivity index (χ1) is 8.81. The number of carboxylic acid groups (broad SMARTS) is 1. The molecule has 0 aliphatic carbocycles. The Morgan fingerprint density at radius 3 is 2.37 bits per heavy atom. The Bertz CT molecular complexity index is 489. The molecule has 19 heavy (non-hydrogen) atoms. The maximum absolute atomic E-state index is 13.1. The van der Waals surface area contributed by atoms with E-state index in [2.05, 4.69) is 5.32 Å². The highest BCUT2D eigenvalue weighted by atomic mass is 19.2. The molecule has 2 N–H and O–H groups in total. The quantitative estimate of drug-likeness (QED) is 0.863. The van der Waals surface area contributed by atoms with Gasteiger partial charge in [0.05, 0.1) is 0 Å². The zero-order valence-electron chi connectivity index (χ0n) is 10.6. The monoisotopic (exact) mass is 271 g/mol. The summed E-state index contributed by atoms with van der Waals surface area (Å²) in [5.41, 5.74) is -0.0106. The van der Waals surface area contributed by atoms with Crippen LogP contribution in [0.1, 0.15) is 31.9 Å². The van der Waals surface area contributed by atoms with Crippen molar-refractivity contribution < 1.29 is 23.5 Å². The zero-order chi connectivity index (χ0) is 14.6. The van der Waals surface area contributed by atoms with Gasteiger partial charge in [0.2, 0.25) is 5.91 Å². The lowest BCUT2D eigenvalue weighted by atomic mass is 10.1. The minimum absolute atomic E-state index is 0.0106. The first-order valence-corrected chi connectivity index (χ1v) is 5.78. The van der Waals surface area contributed by atoms with Gasteiger partial charge in [0, 0.05) is 6.42 Å². The molecule has 0 aliphatic heterocycles. The first-order valence-electron chi connectivity index (χ1n) is 5.78. The van der Waals surface area contributed by atoms with Crippen LogP contribution < -0.4 is 5.32 Å². The van der Waals surface area contributed by atoms with E-state index in [9.17, 15) is 18.4 Å². The van der Waals surface area contributed by atoms with E-state index in [-0.39, 0.29) is 17.9 Å². The summed E-state index contributed by atoms with van der Waals surface area (Å²) < 4.78 is 25.9. The predicted molar refractivity (Wildman–Crippen MR) is 64.3 cm³/mol. The van der Waals surface area contributed by atoms with Crippen molar-refractivity contribution in [3.05, 3.63) is 35.4 Å². The second-order valence-corrected chi connectivity index (χ2v) is 4.61. The molecule has 104 valence electrons. The molecule has 0 aliphatic rings. The highest BCUT2D eigenvalue weighted by molar-refractivity contribution is 5.84. The Balaban J connectivity index is 2.91. The summed E-state index contributed by atoms with van der Waals surface area (Å²) in [7, 11) is 0. The second kappa shape index (κ2) is 6.26. The van der Waals surface area contributed by atoms with Crippen LogP contribution >= 0.6 is 0 Å². The van der Waals surface area contributed by atoms with Crippen molar-refractivity contribution in [3.8, 4) is 0 Å². The number of halogens is 2. The highest BCUT2D eigenvalue weighted by Gasteiger charge is 2.23. The topological polar surface area (TPSA) is 66.4 Å². The number of carbonyl (C=O) groups is 2.